The van der Waals surface area contributed by atoms with Gasteiger partial charge in [0.05, 0.1) is 23.8 Å². The van der Waals surface area contributed by atoms with Crippen molar-refractivity contribution in [2.24, 2.45) is 5.41 Å². The monoisotopic (exact) mass is 470 g/mol. The highest BCUT2D eigenvalue weighted by molar-refractivity contribution is 7.18. The molecule has 0 amide bonds. The number of aromatic nitrogens is 4. The van der Waals surface area contributed by atoms with Crippen molar-refractivity contribution in [1.82, 2.24) is 24.8 Å². The van der Waals surface area contributed by atoms with Crippen LogP contribution in [0.1, 0.15) is 31.2 Å². The summed E-state index contributed by atoms with van der Waals surface area (Å²) in [5, 5.41) is 3.50. The van der Waals surface area contributed by atoms with E-state index in [0.29, 0.717) is 23.1 Å². The Kier molecular flexibility index (Phi) is 6.22. The van der Waals surface area contributed by atoms with Gasteiger partial charge in [0, 0.05) is 30.6 Å². The molecule has 0 radical (unpaired) electrons. The van der Waals surface area contributed by atoms with Gasteiger partial charge in [-0.2, -0.15) is 4.98 Å². The highest BCUT2D eigenvalue weighted by atomic mass is 32.1. The maximum atomic E-state index is 14.5. The summed E-state index contributed by atoms with van der Waals surface area (Å²) in [6.45, 7) is 2.39. The zero-order chi connectivity index (χ0) is 22.8. The number of anilines is 2. The first-order valence-electron chi connectivity index (χ1n) is 11.1. The Hall–Kier alpha value is -2.69. The van der Waals surface area contributed by atoms with E-state index in [9.17, 15) is 4.39 Å². The number of pyridine rings is 1. The molecular weight excluding hydrogens is 443 g/mol. The van der Waals surface area contributed by atoms with E-state index in [-0.39, 0.29) is 11.9 Å². The van der Waals surface area contributed by atoms with E-state index < -0.39 is 5.82 Å². The second-order valence-corrected chi connectivity index (χ2v) is 10.1. The zero-order valence-electron chi connectivity index (χ0n) is 18.8. The fraction of sp³-hybridized carbons (Fsp3) is 0.478. The van der Waals surface area contributed by atoms with Crippen molar-refractivity contribution in [3.8, 4) is 16.6 Å². The Morgan fingerprint density at radius 2 is 2.03 bits per heavy atom. The second kappa shape index (κ2) is 9.28. The molecular formula is C23H27FN6O2S. The summed E-state index contributed by atoms with van der Waals surface area (Å²) in [4.78, 5) is 20.2. The topological polar surface area (TPSA) is 85.3 Å². The predicted molar refractivity (Wildman–Crippen MR) is 124 cm³/mol. The number of ether oxygens (including phenoxy) is 2. The number of hydrogen-bond acceptors (Lipinski definition) is 9. The Morgan fingerprint density at radius 3 is 2.73 bits per heavy atom. The second-order valence-electron chi connectivity index (χ2n) is 9.10. The Labute approximate surface area is 196 Å². The Balaban J connectivity index is 1.23. The molecule has 4 heterocycles. The van der Waals surface area contributed by atoms with Gasteiger partial charge in [0.15, 0.2) is 16.8 Å². The summed E-state index contributed by atoms with van der Waals surface area (Å²) in [6, 6.07) is 3.69. The third kappa shape index (κ3) is 5.13. The van der Waals surface area contributed by atoms with Gasteiger partial charge < -0.3 is 19.7 Å². The molecule has 2 fully saturated rings. The van der Waals surface area contributed by atoms with Crippen LogP contribution in [0.3, 0.4) is 0 Å². The van der Waals surface area contributed by atoms with Crippen LogP contribution in [0.2, 0.25) is 0 Å². The Morgan fingerprint density at radius 1 is 1.21 bits per heavy atom. The summed E-state index contributed by atoms with van der Waals surface area (Å²) in [5.74, 6) is -0.261. The molecule has 1 aliphatic carbocycles. The van der Waals surface area contributed by atoms with Crippen molar-refractivity contribution < 1.29 is 13.9 Å². The first kappa shape index (κ1) is 22.1. The van der Waals surface area contributed by atoms with Crippen LogP contribution >= 0.6 is 11.3 Å². The molecule has 1 saturated carbocycles. The van der Waals surface area contributed by atoms with Crippen molar-refractivity contribution in [2.75, 3.05) is 32.6 Å². The summed E-state index contributed by atoms with van der Waals surface area (Å²) >= 11 is 1.37. The highest BCUT2D eigenvalue weighted by Gasteiger charge is 2.42. The fourth-order valence-corrected chi connectivity index (χ4v) is 5.04. The average Bonchev–Trinajstić information content (AvgIpc) is 3.24. The number of nitrogens with one attached hydrogen (secondary N) is 1. The number of nitrogens with zero attached hydrogens (tertiary/aromatic N) is 5. The lowest BCUT2D eigenvalue weighted by Gasteiger charge is -2.45. The molecule has 2 aliphatic rings. The van der Waals surface area contributed by atoms with Crippen LogP contribution < -0.4 is 10.1 Å². The molecule has 174 valence electrons. The lowest BCUT2D eigenvalue weighted by Crippen LogP contribution is -2.46. The molecule has 0 unspecified atom stereocenters. The maximum Gasteiger partial charge on any atom is 0.317 e. The lowest BCUT2D eigenvalue weighted by molar-refractivity contribution is -0.140. The van der Waals surface area contributed by atoms with Crippen LogP contribution in [0.5, 0.6) is 6.01 Å². The molecule has 1 spiro atoms. The number of rotatable bonds is 7. The van der Waals surface area contributed by atoms with E-state index in [0.717, 1.165) is 55.0 Å². The molecule has 33 heavy (non-hydrogen) atoms. The lowest BCUT2D eigenvalue weighted by atomic mass is 9.72. The number of halogens is 1. The predicted octanol–water partition coefficient (Wildman–Crippen LogP) is 4.28. The van der Waals surface area contributed by atoms with Gasteiger partial charge in [-0.25, -0.2) is 19.3 Å². The van der Waals surface area contributed by atoms with E-state index in [2.05, 4.69) is 25.3 Å². The fourth-order valence-electron chi connectivity index (χ4n) is 4.26. The van der Waals surface area contributed by atoms with Crippen LogP contribution in [-0.2, 0) is 11.3 Å². The molecule has 3 aromatic heterocycles. The van der Waals surface area contributed by atoms with Gasteiger partial charge in [-0.15, -0.1) is 0 Å². The average molecular weight is 471 g/mol. The SMILES string of the molecule is CN(C)Cc1cnc(Nc2ncc(-c3ccnc(OC4CCC5(CC4)COC5)n3)s2)c(F)c1. The summed E-state index contributed by atoms with van der Waals surface area (Å²) in [6.07, 6.45) is 9.45. The quantitative estimate of drug-likeness (QED) is 0.548. The number of hydrogen-bond donors (Lipinski definition) is 1. The maximum absolute atomic E-state index is 14.5. The van der Waals surface area contributed by atoms with E-state index in [1.807, 2.05) is 25.1 Å². The summed E-state index contributed by atoms with van der Waals surface area (Å²) in [5.41, 5.74) is 1.92. The van der Waals surface area contributed by atoms with Crippen LogP contribution in [0.25, 0.3) is 10.6 Å². The van der Waals surface area contributed by atoms with Crippen molar-refractivity contribution in [1.29, 1.82) is 0 Å². The van der Waals surface area contributed by atoms with Crippen LogP contribution in [0, 0.1) is 11.2 Å². The highest BCUT2D eigenvalue weighted by Crippen LogP contribution is 2.43. The first-order valence-corrected chi connectivity index (χ1v) is 11.9. The van der Waals surface area contributed by atoms with Crippen molar-refractivity contribution in [3.63, 3.8) is 0 Å². The minimum atomic E-state index is -0.411. The van der Waals surface area contributed by atoms with Gasteiger partial charge in [0.25, 0.3) is 0 Å². The van der Waals surface area contributed by atoms with Crippen molar-refractivity contribution >= 4 is 22.3 Å². The molecule has 0 bridgehead atoms. The van der Waals surface area contributed by atoms with Crippen molar-refractivity contribution in [2.45, 2.75) is 38.3 Å². The van der Waals surface area contributed by atoms with E-state index in [1.165, 1.54) is 17.4 Å². The molecule has 10 heteroatoms. The normalized spacial score (nSPS) is 17.8. The third-order valence-corrected chi connectivity index (χ3v) is 7.03. The van der Waals surface area contributed by atoms with Crippen molar-refractivity contribution in [3.05, 3.63) is 42.1 Å². The van der Waals surface area contributed by atoms with E-state index in [4.69, 9.17) is 9.47 Å². The molecule has 0 atom stereocenters. The van der Waals surface area contributed by atoms with Gasteiger partial charge in [0.2, 0.25) is 0 Å². The molecule has 0 aromatic carbocycles. The molecule has 1 aliphatic heterocycles. The molecule has 1 saturated heterocycles. The van der Waals surface area contributed by atoms with Gasteiger partial charge in [-0.1, -0.05) is 11.3 Å². The minimum absolute atomic E-state index is 0.134. The van der Waals surface area contributed by atoms with Crippen LogP contribution in [0.15, 0.2) is 30.7 Å². The molecule has 5 rings (SSSR count). The largest absolute Gasteiger partial charge is 0.460 e. The Bertz CT molecular complexity index is 1110. The summed E-state index contributed by atoms with van der Waals surface area (Å²) < 4.78 is 25.9. The third-order valence-electron chi connectivity index (χ3n) is 6.10. The van der Waals surface area contributed by atoms with Crippen LogP contribution in [0.4, 0.5) is 15.3 Å². The van der Waals surface area contributed by atoms with Gasteiger partial charge in [-0.05, 0) is 57.5 Å². The van der Waals surface area contributed by atoms with Gasteiger partial charge in [-0.3, -0.25) is 0 Å². The molecule has 3 aromatic rings. The van der Waals surface area contributed by atoms with Crippen LogP contribution in [-0.4, -0.2) is 58.2 Å². The minimum Gasteiger partial charge on any atom is -0.460 e. The molecule has 8 nitrogen and oxygen atoms in total. The van der Waals surface area contributed by atoms with Gasteiger partial charge in [0.1, 0.15) is 6.10 Å². The smallest absolute Gasteiger partial charge is 0.317 e. The van der Waals surface area contributed by atoms with E-state index >= 15 is 0 Å². The van der Waals surface area contributed by atoms with E-state index in [1.54, 1.807) is 18.6 Å². The van der Waals surface area contributed by atoms with Gasteiger partial charge >= 0.3 is 6.01 Å². The first-order chi connectivity index (χ1) is 16.0. The zero-order valence-corrected chi connectivity index (χ0v) is 19.6. The summed E-state index contributed by atoms with van der Waals surface area (Å²) in [7, 11) is 3.86. The standard InChI is InChI=1S/C23H27FN6O2S/c1-30(2)12-15-9-17(24)20(26-10-15)29-22-27-11-19(33-22)18-5-8-25-21(28-18)32-16-3-6-23(7-4-16)13-31-14-23/h5,8-11,16H,3-4,6-7,12-14H2,1-2H3,(H,26,27,29). The molecule has 1 N–H and O–H groups in total. The number of thiazole rings is 1.